The van der Waals surface area contributed by atoms with Gasteiger partial charge in [-0.3, -0.25) is 4.68 Å². The van der Waals surface area contributed by atoms with Crippen LogP contribution in [0.15, 0.2) is 12.4 Å². The Labute approximate surface area is 168 Å². The lowest BCUT2D eigenvalue weighted by molar-refractivity contribution is -0.141. The van der Waals surface area contributed by atoms with Crippen molar-refractivity contribution in [2.75, 3.05) is 0 Å². The highest BCUT2D eigenvalue weighted by molar-refractivity contribution is 7.19. The Balaban J connectivity index is 1.51. The van der Waals surface area contributed by atoms with E-state index in [1.54, 1.807) is 29.1 Å². The largest absolute Gasteiger partial charge is 0.435 e. The van der Waals surface area contributed by atoms with Gasteiger partial charge in [0, 0.05) is 16.5 Å². The van der Waals surface area contributed by atoms with E-state index in [9.17, 15) is 13.2 Å². The molecule has 1 aliphatic carbocycles. The van der Waals surface area contributed by atoms with Crippen LogP contribution in [0.2, 0.25) is 0 Å². The molecule has 0 radical (unpaired) electrons. The normalized spacial score (nSPS) is 15.9. The van der Waals surface area contributed by atoms with Crippen molar-refractivity contribution in [1.82, 2.24) is 29.4 Å². The van der Waals surface area contributed by atoms with Crippen molar-refractivity contribution in [3.8, 4) is 0 Å². The molecule has 1 aliphatic rings. The molecule has 1 atom stereocenters. The summed E-state index contributed by atoms with van der Waals surface area (Å²) in [7, 11) is 0. The average molecular weight is 420 g/mol. The lowest BCUT2D eigenvalue weighted by atomic mass is 9.97. The van der Waals surface area contributed by atoms with Crippen molar-refractivity contribution in [2.45, 2.75) is 58.2 Å². The summed E-state index contributed by atoms with van der Waals surface area (Å²) in [6.45, 7) is 3.80. The number of fused-ring (bicyclic) bond motifs is 5. The number of thiophene rings is 1. The van der Waals surface area contributed by atoms with Crippen molar-refractivity contribution in [3.63, 3.8) is 0 Å². The molecule has 29 heavy (non-hydrogen) atoms. The minimum absolute atomic E-state index is 0.195. The van der Waals surface area contributed by atoms with E-state index in [0.717, 1.165) is 41.2 Å². The van der Waals surface area contributed by atoms with Crippen LogP contribution in [0.5, 0.6) is 0 Å². The number of rotatable bonds is 3. The Bertz CT molecular complexity index is 1220. The highest BCUT2D eigenvalue weighted by Crippen LogP contribution is 2.37. The van der Waals surface area contributed by atoms with Gasteiger partial charge in [0.05, 0.1) is 11.9 Å². The van der Waals surface area contributed by atoms with Crippen LogP contribution < -0.4 is 0 Å². The molecule has 1 unspecified atom stereocenters. The maximum Gasteiger partial charge on any atom is 0.435 e. The van der Waals surface area contributed by atoms with E-state index in [4.69, 9.17) is 4.98 Å². The van der Waals surface area contributed by atoms with Crippen LogP contribution in [0.4, 0.5) is 13.2 Å². The predicted molar refractivity (Wildman–Crippen MR) is 103 cm³/mol. The fourth-order valence-corrected chi connectivity index (χ4v) is 5.18. The summed E-state index contributed by atoms with van der Waals surface area (Å²) in [5.41, 5.74) is 1.70. The fraction of sp³-hybridized carbons (Fsp3) is 0.474. The van der Waals surface area contributed by atoms with E-state index in [1.807, 2.05) is 6.92 Å². The van der Waals surface area contributed by atoms with Crippen molar-refractivity contribution >= 4 is 27.2 Å². The van der Waals surface area contributed by atoms with E-state index in [0.29, 0.717) is 11.5 Å². The van der Waals surface area contributed by atoms with E-state index in [1.165, 1.54) is 21.5 Å². The molecule has 152 valence electrons. The van der Waals surface area contributed by atoms with Crippen molar-refractivity contribution in [3.05, 3.63) is 40.0 Å². The molecule has 0 amide bonds. The van der Waals surface area contributed by atoms with E-state index in [2.05, 4.69) is 15.2 Å². The Kier molecular flexibility index (Phi) is 4.16. The van der Waals surface area contributed by atoms with Gasteiger partial charge in [-0.15, -0.1) is 16.4 Å². The third kappa shape index (κ3) is 3.09. The Morgan fingerprint density at radius 1 is 1.21 bits per heavy atom. The summed E-state index contributed by atoms with van der Waals surface area (Å²) >= 11 is 1.73. The predicted octanol–water partition coefficient (Wildman–Crippen LogP) is 4.55. The molecule has 0 spiro atoms. The van der Waals surface area contributed by atoms with Gasteiger partial charge < -0.3 is 0 Å². The highest BCUT2D eigenvalue weighted by Gasteiger charge is 2.34. The van der Waals surface area contributed by atoms with E-state index < -0.39 is 11.9 Å². The summed E-state index contributed by atoms with van der Waals surface area (Å²) in [5.74, 6) is 0.387. The molecule has 4 heterocycles. The van der Waals surface area contributed by atoms with Crippen molar-refractivity contribution < 1.29 is 13.2 Å². The smallest absolute Gasteiger partial charge is 0.269 e. The molecular formula is C19H19F3N6S. The molecule has 0 aliphatic heterocycles. The first kappa shape index (κ1) is 18.5. The topological polar surface area (TPSA) is 60.9 Å². The molecule has 0 saturated carbocycles. The van der Waals surface area contributed by atoms with Gasteiger partial charge in [-0.1, -0.05) is 6.92 Å². The maximum absolute atomic E-state index is 12.9. The third-order valence-corrected chi connectivity index (χ3v) is 6.67. The molecule has 0 N–H and O–H groups in total. The first-order valence-electron chi connectivity index (χ1n) is 9.58. The van der Waals surface area contributed by atoms with Crippen LogP contribution in [0, 0.1) is 6.92 Å². The minimum atomic E-state index is -4.45. The Morgan fingerprint density at radius 3 is 2.76 bits per heavy atom. The Morgan fingerprint density at radius 2 is 2.00 bits per heavy atom. The molecule has 0 aromatic carbocycles. The van der Waals surface area contributed by atoms with Gasteiger partial charge in [0.25, 0.3) is 0 Å². The van der Waals surface area contributed by atoms with Gasteiger partial charge in [-0.05, 0) is 44.2 Å². The standard InChI is InChI=1S/C19H19F3N6S/c1-10(8-27-11(2)7-14(25-27)19(20,21)22)16-24-17-15-12-5-3-4-6-13(12)29-18(15)23-9-28(17)26-16/h7,9-10H,3-6,8H2,1-2H3. The lowest BCUT2D eigenvalue weighted by Gasteiger charge is -2.10. The molecule has 0 fully saturated rings. The summed E-state index contributed by atoms with van der Waals surface area (Å²) < 4.78 is 41.8. The first-order valence-corrected chi connectivity index (χ1v) is 10.4. The summed E-state index contributed by atoms with van der Waals surface area (Å²) in [4.78, 5) is 11.7. The number of hydrogen-bond donors (Lipinski definition) is 0. The third-order valence-electron chi connectivity index (χ3n) is 5.47. The zero-order valence-corrected chi connectivity index (χ0v) is 16.8. The quantitative estimate of drug-likeness (QED) is 0.488. The number of alkyl halides is 3. The second kappa shape index (κ2) is 6.51. The fourth-order valence-electron chi connectivity index (χ4n) is 3.95. The monoisotopic (exact) mass is 420 g/mol. The SMILES string of the molecule is Cc1cc(C(F)(F)F)nn1CC(C)c1nc2c3c4c(sc3ncn2n1)CCCC4. The van der Waals surface area contributed by atoms with Crippen LogP contribution in [-0.4, -0.2) is 29.4 Å². The van der Waals surface area contributed by atoms with E-state index in [-0.39, 0.29) is 12.5 Å². The van der Waals surface area contributed by atoms with Crippen LogP contribution in [0.25, 0.3) is 15.9 Å². The average Bonchev–Trinajstić information content (AvgIpc) is 3.35. The molecular weight excluding hydrogens is 401 g/mol. The lowest BCUT2D eigenvalue weighted by Crippen LogP contribution is -2.12. The van der Waals surface area contributed by atoms with Gasteiger partial charge in [-0.2, -0.15) is 18.3 Å². The molecule has 5 rings (SSSR count). The number of hydrogen-bond acceptors (Lipinski definition) is 5. The number of aryl methyl sites for hydroxylation is 3. The summed E-state index contributed by atoms with van der Waals surface area (Å²) in [6, 6.07) is 1.06. The maximum atomic E-state index is 12.9. The molecule has 4 aromatic heterocycles. The first-order chi connectivity index (χ1) is 13.8. The Hall–Kier alpha value is -2.49. The van der Waals surface area contributed by atoms with Gasteiger partial charge in [-0.25, -0.2) is 14.5 Å². The van der Waals surface area contributed by atoms with E-state index >= 15 is 0 Å². The van der Waals surface area contributed by atoms with Crippen LogP contribution in [0.3, 0.4) is 0 Å². The second-order valence-corrected chi connectivity index (χ2v) is 8.71. The minimum Gasteiger partial charge on any atom is -0.269 e. The molecule has 0 saturated heterocycles. The zero-order valence-electron chi connectivity index (χ0n) is 16.0. The van der Waals surface area contributed by atoms with Crippen LogP contribution in [-0.2, 0) is 25.6 Å². The molecule has 4 aromatic rings. The van der Waals surface area contributed by atoms with Crippen molar-refractivity contribution in [1.29, 1.82) is 0 Å². The number of halogens is 3. The molecule has 0 bridgehead atoms. The second-order valence-electron chi connectivity index (χ2n) is 7.63. The molecule has 10 heteroatoms. The summed E-state index contributed by atoms with van der Waals surface area (Å²) in [6.07, 6.45) is 1.70. The van der Waals surface area contributed by atoms with Crippen LogP contribution >= 0.6 is 11.3 Å². The van der Waals surface area contributed by atoms with Gasteiger partial charge in [0.2, 0.25) is 0 Å². The van der Waals surface area contributed by atoms with Gasteiger partial charge in [0.1, 0.15) is 11.2 Å². The highest BCUT2D eigenvalue weighted by atomic mass is 32.1. The summed E-state index contributed by atoms with van der Waals surface area (Å²) in [5, 5.41) is 9.35. The van der Waals surface area contributed by atoms with Gasteiger partial charge >= 0.3 is 6.18 Å². The zero-order chi connectivity index (χ0) is 20.3. The number of aromatic nitrogens is 6. The van der Waals surface area contributed by atoms with Crippen LogP contribution in [0.1, 0.15) is 53.3 Å². The number of nitrogens with zero attached hydrogens (tertiary/aromatic N) is 6. The molecule has 6 nitrogen and oxygen atoms in total. The van der Waals surface area contributed by atoms with Gasteiger partial charge in [0.15, 0.2) is 17.2 Å². The van der Waals surface area contributed by atoms with Crippen molar-refractivity contribution in [2.24, 2.45) is 0 Å².